The van der Waals surface area contributed by atoms with Crippen LogP contribution < -0.4 is 10.1 Å². The Balaban J connectivity index is 1.56. The van der Waals surface area contributed by atoms with E-state index in [9.17, 15) is 0 Å². The first-order valence-electron chi connectivity index (χ1n) is 13.1. The van der Waals surface area contributed by atoms with Crippen molar-refractivity contribution >= 4 is 17.3 Å². The van der Waals surface area contributed by atoms with Crippen molar-refractivity contribution < 1.29 is 14.2 Å². The summed E-state index contributed by atoms with van der Waals surface area (Å²) in [6, 6.07) is 22.8. The standard InChI is InChI=1S/C32H40ClNO3/c1-21(2)36-29-27-18-26(34-19-23-9-8-10-25(33)17-23)15-16-28(27)37-32(6,7)30(29)35-20-22-11-13-24(14-12-22)31(3,4)5/h8-18,21,29-30,34H,19-20H2,1-7H3. The lowest BCUT2D eigenvalue weighted by Crippen LogP contribution is -2.51. The van der Waals surface area contributed by atoms with E-state index in [4.69, 9.17) is 25.8 Å². The first kappa shape index (κ1) is 27.5. The molecule has 1 heterocycles. The maximum atomic E-state index is 6.58. The minimum absolute atomic E-state index is 0.0343. The van der Waals surface area contributed by atoms with Crippen molar-refractivity contribution in [3.05, 3.63) is 94.0 Å². The van der Waals surface area contributed by atoms with Crippen molar-refractivity contribution in [3.63, 3.8) is 0 Å². The highest BCUT2D eigenvalue weighted by Crippen LogP contribution is 2.45. The molecule has 0 radical (unpaired) electrons. The molecule has 0 saturated heterocycles. The third kappa shape index (κ3) is 6.87. The van der Waals surface area contributed by atoms with Crippen LogP contribution in [0.15, 0.2) is 66.7 Å². The Morgan fingerprint density at radius 2 is 1.70 bits per heavy atom. The predicted octanol–water partition coefficient (Wildman–Crippen LogP) is 8.47. The Morgan fingerprint density at radius 1 is 0.973 bits per heavy atom. The molecule has 0 aromatic heterocycles. The summed E-state index contributed by atoms with van der Waals surface area (Å²) in [6.07, 6.45) is -0.514. The summed E-state index contributed by atoms with van der Waals surface area (Å²) in [4.78, 5) is 0. The quantitative estimate of drug-likeness (QED) is 0.322. The largest absolute Gasteiger partial charge is 0.485 e. The van der Waals surface area contributed by atoms with Gasteiger partial charge in [0.25, 0.3) is 0 Å². The molecule has 2 unspecified atom stereocenters. The van der Waals surface area contributed by atoms with Crippen molar-refractivity contribution in [2.45, 2.75) is 90.9 Å². The van der Waals surface area contributed by atoms with E-state index in [0.29, 0.717) is 13.2 Å². The number of nitrogens with one attached hydrogen (secondary N) is 1. The maximum absolute atomic E-state index is 6.58. The lowest BCUT2D eigenvalue weighted by atomic mass is 9.86. The summed E-state index contributed by atoms with van der Waals surface area (Å²) in [6.45, 7) is 16.1. The monoisotopic (exact) mass is 521 g/mol. The van der Waals surface area contributed by atoms with Gasteiger partial charge in [0.1, 0.15) is 23.6 Å². The fourth-order valence-corrected chi connectivity index (χ4v) is 4.92. The fraction of sp³-hybridized carbons (Fsp3) is 0.438. The zero-order chi connectivity index (χ0) is 26.8. The number of halogens is 1. The van der Waals surface area contributed by atoms with E-state index in [1.54, 1.807) is 0 Å². The molecule has 1 aliphatic heterocycles. The second-order valence-electron chi connectivity index (χ2n) is 11.7. The number of ether oxygens (including phenoxy) is 3. The molecule has 37 heavy (non-hydrogen) atoms. The van der Waals surface area contributed by atoms with Crippen LogP contribution in [0, 0.1) is 0 Å². The van der Waals surface area contributed by atoms with Gasteiger partial charge < -0.3 is 19.5 Å². The second kappa shape index (κ2) is 11.1. The summed E-state index contributed by atoms with van der Waals surface area (Å²) in [7, 11) is 0. The van der Waals surface area contributed by atoms with Crippen LogP contribution in [0.5, 0.6) is 5.75 Å². The third-order valence-electron chi connectivity index (χ3n) is 6.70. The van der Waals surface area contributed by atoms with E-state index >= 15 is 0 Å². The van der Waals surface area contributed by atoms with Gasteiger partial charge in [-0.3, -0.25) is 0 Å². The molecule has 0 aliphatic carbocycles. The minimum Gasteiger partial charge on any atom is -0.485 e. The molecule has 4 nitrogen and oxygen atoms in total. The van der Waals surface area contributed by atoms with Crippen molar-refractivity contribution in [3.8, 4) is 5.75 Å². The van der Waals surface area contributed by atoms with Crippen molar-refractivity contribution in [1.82, 2.24) is 0 Å². The molecule has 5 heteroatoms. The highest BCUT2D eigenvalue weighted by Gasteiger charge is 2.46. The van der Waals surface area contributed by atoms with Crippen LogP contribution in [0.1, 0.15) is 76.8 Å². The van der Waals surface area contributed by atoms with Gasteiger partial charge in [0.2, 0.25) is 0 Å². The summed E-state index contributed by atoms with van der Waals surface area (Å²) >= 11 is 6.16. The van der Waals surface area contributed by atoms with Gasteiger partial charge in [-0.05, 0) is 80.1 Å². The summed E-state index contributed by atoms with van der Waals surface area (Å²) in [5.41, 5.74) is 5.12. The van der Waals surface area contributed by atoms with Crippen LogP contribution in [-0.2, 0) is 28.0 Å². The lowest BCUT2D eigenvalue weighted by molar-refractivity contribution is -0.177. The van der Waals surface area contributed by atoms with E-state index in [1.165, 1.54) is 5.56 Å². The molecular formula is C32H40ClNO3. The van der Waals surface area contributed by atoms with Crippen molar-refractivity contribution in [2.75, 3.05) is 5.32 Å². The molecule has 0 fully saturated rings. The summed E-state index contributed by atoms with van der Waals surface area (Å²) in [5.74, 6) is 0.832. The van der Waals surface area contributed by atoms with Gasteiger partial charge in [-0.25, -0.2) is 0 Å². The molecule has 4 rings (SSSR count). The van der Waals surface area contributed by atoms with E-state index < -0.39 is 5.60 Å². The SMILES string of the molecule is CC(C)OC1c2cc(NCc3cccc(Cl)c3)ccc2OC(C)(C)C1OCc1ccc(C(C)(C)C)cc1. The van der Waals surface area contributed by atoms with Crippen LogP contribution in [0.2, 0.25) is 5.02 Å². The van der Waals surface area contributed by atoms with Crippen LogP contribution in [-0.4, -0.2) is 17.8 Å². The van der Waals surface area contributed by atoms with Gasteiger partial charge in [0.05, 0.1) is 12.7 Å². The number of anilines is 1. The molecule has 198 valence electrons. The predicted molar refractivity (Wildman–Crippen MR) is 153 cm³/mol. The highest BCUT2D eigenvalue weighted by atomic mass is 35.5. The van der Waals surface area contributed by atoms with Gasteiger partial charge in [-0.15, -0.1) is 0 Å². The summed E-state index contributed by atoms with van der Waals surface area (Å²) < 4.78 is 19.6. The molecule has 2 atom stereocenters. The van der Waals surface area contributed by atoms with E-state index in [1.807, 2.05) is 30.3 Å². The number of rotatable bonds is 8. The van der Waals surface area contributed by atoms with Gasteiger partial charge in [-0.2, -0.15) is 0 Å². The zero-order valence-electron chi connectivity index (χ0n) is 23.1. The van der Waals surface area contributed by atoms with Crippen LogP contribution in [0.25, 0.3) is 0 Å². The topological polar surface area (TPSA) is 39.7 Å². The Kier molecular flexibility index (Phi) is 8.23. The highest BCUT2D eigenvalue weighted by molar-refractivity contribution is 6.30. The van der Waals surface area contributed by atoms with E-state index in [-0.39, 0.29) is 23.7 Å². The van der Waals surface area contributed by atoms with E-state index in [2.05, 4.69) is 90.2 Å². The van der Waals surface area contributed by atoms with Crippen LogP contribution in [0.3, 0.4) is 0 Å². The third-order valence-corrected chi connectivity index (χ3v) is 6.94. The number of hydrogen-bond acceptors (Lipinski definition) is 4. The molecule has 0 spiro atoms. The molecule has 3 aromatic rings. The van der Waals surface area contributed by atoms with Gasteiger partial charge in [0, 0.05) is 22.8 Å². The lowest BCUT2D eigenvalue weighted by Gasteiger charge is -2.45. The zero-order valence-corrected chi connectivity index (χ0v) is 23.9. The average molecular weight is 522 g/mol. The van der Waals surface area contributed by atoms with Gasteiger partial charge in [-0.1, -0.05) is 68.8 Å². The fourth-order valence-electron chi connectivity index (χ4n) is 4.71. The number of hydrogen-bond donors (Lipinski definition) is 1. The Hall–Kier alpha value is -2.53. The van der Waals surface area contributed by atoms with Gasteiger partial charge in [0.15, 0.2) is 0 Å². The molecule has 1 aliphatic rings. The van der Waals surface area contributed by atoms with Crippen LogP contribution in [0.4, 0.5) is 5.69 Å². The molecule has 1 N–H and O–H groups in total. The van der Waals surface area contributed by atoms with Crippen LogP contribution >= 0.6 is 11.6 Å². The Morgan fingerprint density at radius 3 is 2.35 bits per heavy atom. The molecule has 0 saturated carbocycles. The minimum atomic E-state index is -0.562. The molecular weight excluding hydrogens is 482 g/mol. The van der Waals surface area contributed by atoms with Gasteiger partial charge >= 0.3 is 0 Å². The maximum Gasteiger partial charge on any atom is 0.132 e. The number of benzene rings is 3. The van der Waals surface area contributed by atoms with Crippen molar-refractivity contribution in [1.29, 1.82) is 0 Å². The van der Waals surface area contributed by atoms with E-state index in [0.717, 1.165) is 33.1 Å². The number of fused-ring (bicyclic) bond motifs is 1. The molecule has 0 amide bonds. The smallest absolute Gasteiger partial charge is 0.132 e. The Labute approximate surface area is 227 Å². The second-order valence-corrected chi connectivity index (χ2v) is 12.2. The van der Waals surface area contributed by atoms with Crippen molar-refractivity contribution in [2.24, 2.45) is 0 Å². The molecule has 0 bridgehead atoms. The molecule has 3 aromatic carbocycles. The first-order chi connectivity index (χ1) is 17.4. The average Bonchev–Trinajstić information content (AvgIpc) is 2.81. The normalized spacial score (nSPS) is 18.8. The first-order valence-corrected chi connectivity index (χ1v) is 13.5. The Bertz CT molecular complexity index is 1200. The summed E-state index contributed by atoms with van der Waals surface area (Å²) in [5, 5.41) is 4.25.